The number of hydrazone groups is 1. The summed E-state index contributed by atoms with van der Waals surface area (Å²) in [6.45, 7) is 0. The number of nitrogens with zero attached hydrogens (tertiary/aromatic N) is 2. The van der Waals surface area contributed by atoms with Crippen molar-refractivity contribution in [2.75, 3.05) is 5.32 Å². The number of allylic oxidation sites excluding steroid dienone is 1. The van der Waals surface area contributed by atoms with Gasteiger partial charge in [0.05, 0.1) is 11.3 Å². The highest BCUT2D eigenvalue weighted by molar-refractivity contribution is 9.10. The van der Waals surface area contributed by atoms with E-state index in [4.69, 9.17) is 0 Å². The zero-order chi connectivity index (χ0) is 20.5. The van der Waals surface area contributed by atoms with E-state index in [1.54, 1.807) is 36.4 Å². The first-order chi connectivity index (χ1) is 14.1. The molecule has 0 spiro atoms. The smallest absolute Gasteiger partial charge is 0.273 e. The average molecular weight is 449 g/mol. The zero-order valence-corrected chi connectivity index (χ0v) is 16.8. The van der Waals surface area contributed by atoms with Gasteiger partial charge in [0.1, 0.15) is 0 Å². The number of rotatable bonds is 6. The Labute approximate surface area is 176 Å². The van der Waals surface area contributed by atoms with Crippen LogP contribution in [-0.2, 0) is 0 Å². The molecule has 3 rings (SSSR count). The van der Waals surface area contributed by atoms with E-state index in [1.165, 1.54) is 18.6 Å². The van der Waals surface area contributed by atoms with Crippen LogP contribution in [-0.4, -0.2) is 23.0 Å². The molecule has 3 aromatic rings. The van der Waals surface area contributed by atoms with Gasteiger partial charge >= 0.3 is 0 Å². The molecule has 0 atom stereocenters. The molecule has 0 saturated heterocycles. The summed E-state index contributed by atoms with van der Waals surface area (Å²) in [6.07, 6.45) is 8.14. The summed E-state index contributed by atoms with van der Waals surface area (Å²) < 4.78 is 0.706. The minimum atomic E-state index is -0.444. The van der Waals surface area contributed by atoms with Gasteiger partial charge in [-0.25, -0.2) is 5.43 Å². The third-order valence-electron chi connectivity index (χ3n) is 3.83. The number of aromatic nitrogens is 1. The number of benzene rings is 2. The molecule has 0 aliphatic heterocycles. The Morgan fingerprint density at radius 1 is 0.966 bits per heavy atom. The molecule has 2 aromatic carbocycles. The van der Waals surface area contributed by atoms with Gasteiger partial charge in [-0.05, 0) is 42.0 Å². The predicted octanol–water partition coefficient (Wildman–Crippen LogP) is 4.53. The number of hydrogen-bond donors (Lipinski definition) is 2. The predicted molar refractivity (Wildman–Crippen MR) is 118 cm³/mol. The largest absolute Gasteiger partial charge is 0.321 e. The van der Waals surface area contributed by atoms with Gasteiger partial charge in [-0.15, -0.1) is 0 Å². The molecular weight excluding hydrogens is 432 g/mol. The standard InChI is InChI=1S/C22H17BrN4O2/c23-18-8-9-20(26-21(28)17-10-13-24-14-11-17)19(15-18)22(29)27-25-12-4-7-16-5-2-1-3-6-16/h1-15H,(H,26,28)(H,27,29)/b7-4+,25-12+. The molecule has 0 unspecified atom stereocenters. The Hall–Kier alpha value is -3.58. The van der Waals surface area contributed by atoms with Crippen LogP contribution in [0.3, 0.4) is 0 Å². The number of anilines is 1. The lowest BCUT2D eigenvalue weighted by molar-refractivity contribution is 0.0956. The highest BCUT2D eigenvalue weighted by atomic mass is 79.9. The zero-order valence-electron chi connectivity index (χ0n) is 15.2. The quantitative estimate of drug-likeness (QED) is 0.429. The number of carbonyl (C=O) groups excluding carboxylic acids is 2. The molecule has 29 heavy (non-hydrogen) atoms. The van der Waals surface area contributed by atoms with E-state index in [9.17, 15) is 9.59 Å². The monoisotopic (exact) mass is 448 g/mol. The fourth-order valence-electron chi connectivity index (χ4n) is 2.43. The van der Waals surface area contributed by atoms with E-state index in [0.717, 1.165) is 5.56 Å². The second kappa shape index (κ2) is 10.1. The number of amides is 2. The van der Waals surface area contributed by atoms with Crippen molar-refractivity contribution >= 4 is 45.7 Å². The minimum absolute atomic E-state index is 0.283. The molecule has 6 nitrogen and oxygen atoms in total. The van der Waals surface area contributed by atoms with Crippen LogP contribution in [0, 0.1) is 0 Å². The summed E-state index contributed by atoms with van der Waals surface area (Å²) in [7, 11) is 0. The summed E-state index contributed by atoms with van der Waals surface area (Å²) in [5.74, 6) is -0.779. The maximum atomic E-state index is 12.5. The number of pyridine rings is 1. The van der Waals surface area contributed by atoms with Crippen molar-refractivity contribution in [1.82, 2.24) is 10.4 Å². The maximum absolute atomic E-state index is 12.5. The number of halogens is 1. The number of hydrogen-bond acceptors (Lipinski definition) is 4. The average Bonchev–Trinajstić information content (AvgIpc) is 2.76. The fraction of sp³-hybridized carbons (Fsp3) is 0. The molecule has 144 valence electrons. The molecule has 7 heteroatoms. The normalized spacial score (nSPS) is 10.9. The van der Waals surface area contributed by atoms with Crippen molar-refractivity contribution in [3.05, 3.63) is 100 Å². The first-order valence-corrected chi connectivity index (χ1v) is 9.49. The van der Waals surface area contributed by atoms with Gasteiger partial charge in [-0.1, -0.05) is 52.3 Å². The summed E-state index contributed by atoms with van der Waals surface area (Å²) in [5, 5.41) is 6.67. The molecule has 1 heterocycles. The minimum Gasteiger partial charge on any atom is -0.321 e. The highest BCUT2D eigenvalue weighted by Crippen LogP contribution is 2.22. The van der Waals surface area contributed by atoms with Crippen molar-refractivity contribution in [3.8, 4) is 0 Å². The van der Waals surface area contributed by atoms with Gasteiger partial charge in [0.2, 0.25) is 0 Å². The highest BCUT2D eigenvalue weighted by Gasteiger charge is 2.14. The van der Waals surface area contributed by atoms with Gasteiger partial charge < -0.3 is 5.32 Å². The molecule has 2 N–H and O–H groups in total. The molecule has 1 aromatic heterocycles. The second-order valence-electron chi connectivity index (χ2n) is 5.87. The molecule has 0 aliphatic carbocycles. The van der Waals surface area contributed by atoms with Crippen molar-refractivity contribution in [1.29, 1.82) is 0 Å². The molecule has 0 radical (unpaired) electrons. The van der Waals surface area contributed by atoms with E-state index in [1.807, 2.05) is 36.4 Å². The van der Waals surface area contributed by atoms with Gasteiger partial charge in [0.25, 0.3) is 11.8 Å². The molecular formula is C22H17BrN4O2. The van der Waals surface area contributed by atoms with Crippen molar-refractivity contribution in [2.24, 2.45) is 5.10 Å². The van der Waals surface area contributed by atoms with Crippen molar-refractivity contribution < 1.29 is 9.59 Å². The summed E-state index contributed by atoms with van der Waals surface area (Å²) in [5.41, 5.74) is 4.59. The maximum Gasteiger partial charge on any atom is 0.273 e. The molecule has 2 amide bonds. The summed E-state index contributed by atoms with van der Waals surface area (Å²) in [4.78, 5) is 28.8. The van der Waals surface area contributed by atoms with Crippen LogP contribution in [0.25, 0.3) is 6.08 Å². The molecule has 0 bridgehead atoms. The first-order valence-electron chi connectivity index (χ1n) is 8.69. The topological polar surface area (TPSA) is 83.5 Å². The van der Waals surface area contributed by atoms with Gasteiger partial charge in [0, 0.05) is 28.6 Å². The molecule has 0 aliphatic rings. The molecule has 0 fully saturated rings. The third kappa shape index (κ3) is 5.95. The Kier molecular flexibility index (Phi) is 7.02. The van der Waals surface area contributed by atoms with Crippen LogP contribution in [0.4, 0.5) is 5.69 Å². The van der Waals surface area contributed by atoms with Crippen LogP contribution in [0.1, 0.15) is 26.3 Å². The molecule has 0 saturated carbocycles. The summed E-state index contributed by atoms with van der Waals surface area (Å²) in [6, 6.07) is 17.9. The van der Waals surface area contributed by atoms with E-state index in [0.29, 0.717) is 15.7 Å². The Morgan fingerprint density at radius 2 is 1.72 bits per heavy atom. The number of nitrogens with one attached hydrogen (secondary N) is 2. The Morgan fingerprint density at radius 3 is 2.48 bits per heavy atom. The SMILES string of the molecule is O=C(Nc1ccc(Br)cc1C(=O)N/N=C/C=C/c1ccccc1)c1ccncc1. The fourth-order valence-corrected chi connectivity index (χ4v) is 2.79. The summed E-state index contributed by atoms with van der Waals surface area (Å²) >= 11 is 3.34. The van der Waals surface area contributed by atoms with Gasteiger partial charge in [0.15, 0.2) is 0 Å². The van der Waals surface area contributed by atoms with Crippen LogP contribution < -0.4 is 10.7 Å². The van der Waals surface area contributed by atoms with Crippen LogP contribution >= 0.6 is 15.9 Å². The van der Waals surface area contributed by atoms with Crippen LogP contribution in [0.5, 0.6) is 0 Å². The first kappa shape index (κ1) is 20.2. The lowest BCUT2D eigenvalue weighted by Crippen LogP contribution is -2.21. The van der Waals surface area contributed by atoms with Gasteiger partial charge in [-0.2, -0.15) is 5.10 Å². The Balaban J connectivity index is 1.68. The second-order valence-corrected chi connectivity index (χ2v) is 6.78. The third-order valence-corrected chi connectivity index (χ3v) is 4.33. The van der Waals surface area contributed by atoms with Crippen molar-refractivity contribution in [3.63, 3.8) is 0 Å². The van der Waals surface area contributed by atoms with Crippen LogP contribution in [0.2, 0.25) is 0 Å². The van der Waals surface area contributed by atoms with E-state index < -0.39 is 5.91 Å². The lowest BCUT2D eigenvalue weighted by Gasteiger charge is -2.10. The van der Waals surface area contributed by atoms with E-state index in [-0.39, 0.29) is 11.5 Å². The number of carbonyl (C=O) groups is 2. The van der Waals surface area contributed by atoms with Gasteiger partial charge in [-0.3, -0.25) is 14.6 Å². The van der Waals surface area contributed by atoms with Crippen molar-refractivity contribution in [2.45, 2.75) is 0 Å². The van der Waals surface area contributed by atoms with E-state index >= 15 is 0 Å². The van der Waals surface area contributed by atoms with E-state index in [2.05, 4.69) is 36.8 Å². The Bertz CT molecular complexity index is 1050. The lowest BCUT2D eigenvalue weighted by atomic mass is 10.1. The van der Waals surface area contributed by atoms with Crippen LogP contribution in [0.15, 0.2) is 88.7 Å².